The summed E-state index contributed by atoms with van der Waals surface area (Å²) in [7, 11) is 0. The fourth-order valence-electron chi connectivity index (χ4n) is 1.21. The highest BCUT2D eigenvalue weighted by Crippen LogP contribution is 2.28. The first-order valence-corrected chi connectivity index (χ1v) is 4.99. The molecule has 1 aliphatic rings. The first kappa shape index (κ1) is 10.5. The summed E-state index contributed by atoms with van der Waals surface area (Å²) in [6, 6.07) is 0. The molecule has 1 heterocycles. The van der Waals surface area contributed by atoms with Crippen molar-refractivity contribution in [2.45, 2.75) is 19.4 Å². The molecule has 0 aliphatic heterocycles. The molecular formula is C10H11N3O3. The van der Waals surface area contributed by atoms with E-state index >= 15 is 0 Å². The minimum absolute atomic E-state index is 0.0194. The average Bonchev–Trinajstić information content (AvgIpc) is 3.10. The number of nitrogens with one attached hydrogen (secondary N) is 1. The topological polar surface area (TPSA) is 92.2 Å². The Morgan fingerprint density at radius 1 is 1.38 bits per heavy atom. The molecule has 1 aliphatic carbocycles. The van der Waals surface area contributed by atoms with Gasteiger partial charge in [-0.2, -0.15) is 0 Å². The normalized spacial score (nSPS) is 14.5. The number of hydrogen-bond acceptors (Lipinski definition) is 4. The number of hydrogen-bond donors (Lipinski definition) is 2. The molecule has 2 N–H and O–H groups in total. The third kappa shape index (κ3) is 2.53. The maximum Gasteiger partial charge on any atom is 0.338 e. The van der Waals surface area contributed by atoms with Crippen LogP contribution < -0.4 is 5.32 Å². The van der Waals surface area contributed by atoms with E-state index in [0.717, 1.165) is 12.8 Å². The van der Waals surface area contributed by atoms with Crippen molar-refractivity contribution in [2.24, 2.45) is 5.92 Å². The van der Waals surface area contributed by atoms with Gasteiger partial charge in [0.2, 0.25) is 5.91 Å². The minimum atomic E-state index is -1.06. The SMILES string of the molecule is O=C(O)c1cnc(CNC(=O)C2CC2)nc1. The van der Waals surface area contributed by atoms with Crippen molar-refractivity contribution < 1.29 is 14.7 Å². The number of carbonyl (C=O) groups is 2. The van der Waals surface area contributed by atoms with Crippen LogP contribution in [-0.4, -0.2) is 27.0 Å². The molecule has 6 nitrogen and oxygen atoms in total. The monoisotopic (exact) mass is 221 g/mol. The lowest BCUT2D eigenvalue weighted by Gasteiger charge is -2.02. The molecule has 0 bridgehead atoms. The second-order valence-corrected chi connectivity index (χ2v) is 3.69. The summed E-state index contributed by atoms with van der Waals surface area (Å²) in [6.07, 6.45) is 4.36. The summed E-state index contributed by atoms with van der Waals surface area (Å²) >= 11 is 0. The van der Waals surface area contributed by atoms with E-state index < -0.39 is 5.97 Å². The minimum Gasteiger partial charge on any atom is -0.478 e. The van der Waals surface area contributed by atoms with Gasteiger partial charge >= 0.3 is 5.97 Å². The highest BCUT2D eigenvalue weighted by Gasteiger charge is 2.29. The maximum absolute atomic E-state index is 11.3. The van der Waals surface area contributed by atoms with E-state index in [4.69, 9.17) is 5.11 Å². The van der Waals surface area contributed by atoms with Gasteiger partial charge in [0, 0.05) is 18.3 Å². The van der Waals surface area contributed by atoms with Crippen molar-refractivity contribution >= 4 is 11.9 Å². The highest BCUT2D eigenvalue weighted by molar-refractivity contribution is 5.86. The van der Waals surface area contributed by atoms with Gasteiger partial charge in [-0.15, -0.1) is 0 Å². The number of carboxylic acids is 1. The predicted molar refractivity (Wildman–Crippen MR) is 53.6 cm³/mol. The molecule has 1 amide bonds. The standard InChI is InChI=1S/C10H11N3O3/c14-9(6-1-2-6)13-5-8-11-3-7(4-12-8)10(15)16/h3-4,6H,1-2,5H2,(H,13,14)(H,15,16). The van der Waals surface area contributed by atoms with Crippen LogP contribution in [0.5, 0.6) is 0 Å². The molecule has 1 aromatic heterocycles. The molecule has 1 saturated carbocycles. The number of carboxylic acid groups (broad SMARTS) is 1. The van der Waals surface area contributed by atoms with E-state index in [2.05, 4.69) is 15.3 Å². The summed E-state index contributed by atoms with van der Waals surface area (Å²) in [4.78, 5) is 29.5. The van der Waals surface area contributed by atoms with Crippen molar-refractivity contribution in [1.29, 1.82) is 0 Å². The second-order valence-electron chi connectivity index (χ2n) is 3.69. The summed E-state index contributed by atoms with van der Waals surface area (Å²) in [5, 5.41) is 11.3. The van der Waals surface area contributed by atoms with E-state index in [0.29, 0.717) is 5.82 Å². The Balaban J connectivity index is 1.89. The molecule has 0 atom stereocenters. The van der Waals surface area contributed by atoms with Crippen LogP contribution in [0.3, 0.4) is 0 Å². The summed E-state index contributed by atoms with van der Waals surface area (Å²) < 4.78 is 0. The zero-order chi connectivity index (χ0) is 11.5. The third-order valence-electron chi connectivity index (χ3n) is 2.32. The first-order valence-electron chi connectivity index (χ1n) is 4.99. The molecule has 16 heavy (non-hydrogen) atoms. The Morgan fingerprint density at radius 2 is 2.00 bits per heavy atom. The Morgan fingerprint density at radius 3 is 2.50 bits per heavy atom. The largest absolute Gasteiger partial charge is 0.478 e. The van der Waals surface area contributed by atoms with E-state index in [1.165, 1.54) is 12.4 Å². The number of aromatic nitrogens is 2. The average molecular weight is 221 g/mol. The highest BCUT2D eigenvalue weighted by atomic mass is 16.4. The van der Waals surface area contributed by atoms with Crippen LogP contribution in [0.4, 0.5) is 0 Å². The lowest BCUT2D eigenvalue weighted by Crippen LogP contribution is -2.25. The molecular weight excluding hydrogens is 210 g/mol. The molecule has 84 valence electrons. The second kappa shape index (κ2) is 4.26. The molecule has 0 radical (unpaired) electrons. The maximum atomic E-state index is 11.3. The Labute approximate surface area is 91.7 Å². The van der Waals surface area contributed by atoms with Crippen LogP contribution >= 0.6 is 0 Å². The van der Waals surface area contributed by atoms with Crippen LogP contribution in [0, 0.1) is 5.92 Å². The lowest BCUT2D eigenvalue weighted by molar-refractivity contribution is -0.122. The smallest absolute Gasteiger partial charge is 0.338 e. The Kier molecular flexibility index (Phi) is 2.80. The van der Waals surface area contributed by atoms with Gasteiger partial charge in [-0.25, -0.2) is 14.8 Å². The molecule has 0 aromatic carbocycles. The van der Waals surface area contributed by atoms with Crippen LogP contribution in [0.1, 0.15) is 29.0 Å². The zero-order valence-electron chi connectivity index (χ0n) is 8.51. The van der Waals surface area contributed by atoms with Crippen LogP contribution in [0.2, 0.25) is 0 Å². The molecule has 0 saturated heterocycles. The lowest BCUT2D eigenvalue weighted by atomic mass is 10.3. The fourth-order valence-corrected chi connectivity index (χ4v) is 1.21. The van der Waals surface area contributed by atoms with Gasteiger partial charge < -0.3 is 10.4 Å². The Hall–Kier alpha value is -1.98. The quantitative estimate of drug-likeness (QED) is 0.757. The predicted octanol–water partition coefficient (Wildman–Crippen LogP) is 0.201. The molecule has 0 unspecified atom stereocenters. The van der Waals surface area contributed by atoms with Crippen molar-refractivity contribution in [2.75, 3.05) is 0 Å². The van der Waals surface area contributed by atoms with Crippen LogP contribution in [0.25, 0.3) is 0 Å². The van der Waals surface area contributed by atoms with Crippen LogP contribution in [-0.2, 0) is 11.3 Å². The van der Waals surface area contributed by atoms with Gasteiger partial charge in [-0.05, 0) is 12.8 Å². The van der Waals surface area contributed by atoms with E-state index in [1.807, 2.05) is 0 Å². The number of rotatable bonds is 4. The number of nitrogens with zero attached hydrogens (tertiary/aromatic N) is 2. The third-order valence-corrected chi connectivity index (χ3v) is 2.32. The zero-order valence-corrected chi connectivity index (χ0v) is 8.51. The van der Waals surface area contributed by atoms with Gasteiger partial charge in [0.15, 0.2) is 0 Å². The summed E-state index contributed by atoms with van der Waals surface area (Å²) in [5.41, 5.74) is 0.0391. The first-order chi connectivity index (χ1) is 7.66. The summed E-state index contributed by atoms with van der Waals surface area (Å²) in [5.74, 6) is -0.475. The molecule has 1 aromatic rings. The fraction of sp³-hybridized carbons (Fsp3) is 0.400. The van der Waals surface area contributed by atoms with Crippen molar-refractivity contribution in [3.63, 3.8) is 0 Å². The summed E-state index contributed by atoms with van der Waals surface area (Å²) in [6.45, 7) is 0.245. The van der Waals surface area contributed by atoms with E-state index in [-0.39, 0.29) is 23.9 Å². The van der Waals surface area contributed by atoms with Gasteiger partial charge in [-0.3, -0.25) is 4.79 Å². The molecule has 2 rings (SSSR count). The van der Waals surface area contributed by atoms with Crippen molar-refractivity contribution in [3.05, 3.63) is 23.8 Å². The van der Waals surface area contributed by atoms with Gasteiger partial charge in [0.25, 0.3) is 0 Å². The molecule has 1 fully saturated rings. The van der Waals surface area contributed by atoms with E-state index in [9.17, 15) is 9.59 Å². The van der Waals surface area contributed by atoms with Crippen molar-refractivity contribution in [3.8, 4) is 0 Å². The van der Waals surface area contributed by atoms with Gasteiger partial charge in [0.05, 0.1) is 12.1 Å². The van der Waals surface area contributed by atoms with Crippen LogP contribution in [0.15, 0.2) is 12.4 Å². The number of amides is 1. The van der Waals surface area contributed by atoms with Crippen molar-refractivity contribution in [1.82, 2.24) is 15.3 Å². The molecule has 6 heteroatoms. The Bertz CT molecular complexity index is 412. The van der Waals surface area contributed by atoms with E-state index in [1.54, 1.807) is 0 Å². The van der Waals surface area contributed by atoms with Gasteiger partial charge in [0.1, 0.15) is 5.82 Å². The van der Waals surface area contributed by atoms with Gasteiger partial charge in [-0.1, -0.05) is 0 Å². The number of carbonyl (C=O) groups excluding carboxylic acids is 1. The number of aromatic carboxylic acids is 1. The molecule has 0 spiro atoms.